The van der Waals surface area contributed by atoms with Crippen LogP contribution in [0.2, 0.25) is 0 Å². The number of amides is 2. The minimum atomic E-state index is -2.08. The molecular weight excluding hydrogens is 533 g/mol. The number of nitrogens with zero attached hydrogens (tertiary/aromatic N) is 1. The number of nitrogens with one attached hydrogen (secondary N) is 3. The number of aryl methyl sites for hydroxylation is 1. The largest absolute Gasteiger partial charge is 0.365 e. The summed E-state index contributed by atoms with van der Waals surface area (Å²) < 4.78 is -2.08. The Morgan fingerprint density at radius 1 is 1.18 bits per heavy atom. The second-order valence-electron chi connectivity index (χ2n) is 7.10. The van der Waals surface area contributed by atoms with Crippen LogP contribution < -0.4 is 21.7 Å². The first-order valence-electron chi connectivity index (χ1n) is 9.62. The van der Waals surface area contributed by atoms with Crippen LogP contribution in [0.15, 0.2) is 24.3 Å². The van der Waals surface area contributed by atoms with Crippen LogP contribution in [0.3, 0.4) is 0 Å². The zero-order valence-electron chi connectivity index (χ0n) is 16.8. The number of para-hydroxylation sites is 1. The number of carbonyl (C=O) groups excluding carboxylic acids is 2. The number of halogens is 3. The van der Waals surface area contributed by atoms with Crippen molar-refractivity contribution >= 4 is 86.0 Å². The lowest BCUT2D eigenvalue weighted by molar-refractivity contribution is -0.385. The van der Waals surface area contributed by atoms with E-state index in [9.17, 15) is 19.7 Å². The molecule has 176 valence electrons. The number of primary amides is 1. The fourth-order valence-corrected chi connectivity index (χ4v) is 5.33. The highest BCUT2D eigenvalue weighted by Gasteiger charge is 2.36. The molecule has 1 aromatic carbocycles. The second kappa shape index (κ2) is 10.4. The molecule has 9 nitrogen and oxygen atoms in total. The molecule has 3 rings (SSSR count). The third-order valence-corrected chi connectivity index (χ3v) is 6.95. The van der Waals surface area contributed by atoms with Crippen LogP contribution >= 0.6 is 58.4 Å². The number of nitro benzene ring substituents is 1. The predicted molar refractivity (Wildman–Crippen MR) is 133 cm³/mol. The number of thiophene rings is 1. The highest BCUT2D eigenvalue weighted by Crippen LogP contribution is 2.38. The van der Waals surface area contributed by atoms with Crippen molar-refractivity contribution in [2.24, 2.45) is 5.73 Å². The number of hydrogen-bond acceptors (Lipinski definition) is 6. The number of thiocarbonyl (C=S) groups is 1. The van der Waals surface area contributed by atoms with Crippen molar-refractivity contribution in [3.63, 3.8) is 0 Å². The minimum Gasteiger partial charge on any atom is -0.365 e. The van der Waals surface area contributed by atoms with Gasteiger partial charge in [0.1, 0.15) is 16.7 Å². The summed E-state index contributed by atoms with van der Waals surface area (Å²) in [6, 6.07) is 5.35. The van der Waals surface area contributed by atoms with E-state index in [1.165, 1.54) is 35.6 Å². The van der Waals surface area contributed by atoms with Gasteiger partial charge in [-0.25, -0.2) is 0 Å². The summed E-state index contributed by atoms with van der Waals surface area (Å²) in [6.45, 7) is 0. The van der Waals surface area contributed by atoms with Gasteiger partial charge in [0.15, 0.2) is 5.11 Å². The van der Waals surface area contributed by atoms with E-state index >= 15 is 0 Å². The first-order chi connectivity index (χ1) is 15.5. The third kappa shape index (κ3) is 6.04. The van der Waals surface area contributed by atoms with Crippen LogP contribution in [0.25, 0.3) is 0 Å². The summed E-state index contributed by atoms with van der Waals surface area (Å²) in [5.41, 5.74) is 6.24. The molecule has 2 aromatic rings. The Hall–Kier alpha value is -2.18. The zero-order chi connectivity index (χ0) is 24.3. The van der Waals surface area contributed by atoms with Gasteiger partial charge in [-0.05, 0) is 49.5 Å². The fourth-order valence-electron chi connectivity index (χ4n) is 3.42. The molecule has 0 fully saturated rings. The van der Waals surface area contributed by atoms with Crippen molar-refractivity contribution in [2.45, 2.75) is 35.6 Å². The number of nitro groups is 1. The minimum absolute atomic E-state index is 0.0460. The first-order valence-corrected chi connectivity index (χ1v) is 12.0. The standard InChI is InChI=1S/C19H18Cl3N5O4S2/c20-19(21,22)17(24-15(29)9-5-1-3-7-11(9)27(30)31)26-18(32)25-16-13(14(23)28)10-6-2-4-8-12(10)33-16/h1,3,5,7,17H,2,4,6,8H2,(H2,23,28)(H,24,29)(H2,25,26,32)/t17-/m1/s1. The van der Waals surface area contributed by atoms with Gasteiger partial charge in [0, 0.05) is 10.9 Å². The lowest BCUT2D eigenvalue weighted by atomic mass is 9.95. The molecular formula is C19H18Cl3N5O4S2. The van der Waals surface area contributed by atoms with E-state index in [0.717, 1.165) is 36.1 Å². The van der Waals surface area contributed by atoms with Crippen LogP contribution in [-0.2, 0) is 12.8 Å². The van der Waals surface area contributed by atoms with Gasteiger partial charge in [-0.15, -0.1) is 11.3 Å². The summed E-state index contributed by atoms with van der Waals surface area (Å²) in [4.78, 5) is 36.3. The van der Waals surface area contributed by atoms with Crippen molar-refractivity contribution in [3.05, 3.63) is 55.9 Å². The van der Waals surface area contributed by atoms with E-state index in [1.54, 1.807) is 0 Å². The monoisotopic (exact) mass is 549 g/mol. The molecule has 0 saturated heterocycles. The lowest BCUT2D eigenvalue weighted by Crippen LogP contribution is -2.56. The number of anilines is 1. The maximum Gasteiger partial charge on any atom is 0.282 e. The summed E-state index contributed by atoms with van der Waals surface area (Å²) >= 11 is 24.7. The van der Waals surface area contributed by atoms with Crippen LogP contribution in [0.1, 0.15) is 44.0 Å². The van der Waals surface area contributed by atoms with E-state index in [-0.39, 0.29) is 10.7 Å². The molecule has 1 aromatic heterocycles. The smallest absolute Gasteiger partial charge is 0.282 e. The van der Waals surface area contributed by atoms with E-state index in [2.05, 4.69) is 16.0 Å². The van der Waals surface area contributed by atoms with Gasteiger partial charge in [0.05, 0.1) is 10.5 Å². The molecule has 5 N–H and O–H groups in total. The Labute approximate surface area is 213 Å². The highest BCUT2D eigenvalue weighted by molar-refractivity contribution is 7.80. The number of nitrogens with two attached hydrogens (primary N) is 1. The van der Waals surface area contributed by atoms with Crippen molar-refractivity contribution in [1.82, 2.24) is 10.6 Å². The molecule has 0 bridgehead atoms. The Balaban J connectivity index is 1.79. The van der Waals surface area contributed by atoms with E-state index in [0.29, 0.717) is 10.6 Å². The van der Waals surface area contributed by atoms with E-state index in [4.69, 9.17) is 52.8 Å². The maximum absolute atomic E-state index is 12.7. The number of rotatable bonds is 6. The van der Waals surface area contributed by atoms with Crippen molar-refractivity contribution in [2.75, 3.05) is 5.32 Å². The van der Waals surface area contributed by atoms with Crippen molar-refractivity contribution in [3.8, 4) is 0 Å². The average Bonchev–Trinajstić information content (AvgIpc) is 3.10. The summed E-state index contributed by atoms with van der Waals surface area (Å²) in [5, 5.41) is 19.6. The molecule has 0 radical (unpaired) electrons. The highest BCUT2D eigenvalue weighted by atomic mass is 35.6. The third-order valence-electron chi connectivity index (χ3n) is 4.87. The molecule has 0 aliphatic heterocycles. The van der Waals surface area contributed by atoms with Gasteiger partial charge in [-0.1, -0.05) is 46.9 Å². The molecule has 1 atom stereocenters. The summed E-state index contributed by atoms with van der Waals surface area (Å²) in [7, 11) is 0. The first kappa shape index (κ1) is 25.4. The molecule has 14 heteroatoms. The topological polar surface area (TPSA) is 139 Å². The van der Waals surface area contributed by atoms with Crippen LogP contribution in [0, 0.1) is 10.1 Å². The molecule has 0 unspecified atom stereocenters. The van der Waals surface area contributed by atoms with Crippen molar-refractivity contribution < 1.29 is 14.5 Å². The van der Waals surface area contributed by atoms with Gasteiger partial charge in [0.25, 0.3) is 17.5 Å². The van der Waals surface area contributed by atoms with E-state index < -0.39 is 32.4 Å². The van der Waals surface area contributed by atoms with Crippen LogP contribution in [0.4, 0.5) is 10.7 Å². The molecule has 1 heterocycles. The number of carbonyl (C=O) groups is 2. The number of alkyl halides is 3. The quantitative estimate of drug-likeness (QED) is 0.140. The number of fused-ring (bicyclic) bond motifs is 1. The normalized spacial score (nSPS) is 14.0. The lowest BCUT2D eigenvalue weighted by Gasteiger charge is -2.27. The average molecular weight is 551 g/mol. The van der Waals surface area contributed by atoms with Crippen molar-refractivity contribution in [1.29, 1.82) is 0 Å². The zero-order valence-corrected chi connectivity index (χ0v) is 20.7. The van der Waals surface area contributed by atoms with Gasteiger partial charge < -0.3 is 21.7 Å². The van der Waals surface area contributed by atoms with Crippen LogP contribution in [-0.4, -0.2) is 31.8 Å². The maximum atomic E-state index is 12.7. The molecule has 0 saturated carbocycles. The number of hydrogen-bond donors (Lipinski definition) is 4. The number of benzene rings is 1. The van der Waals surface area contributed by atoms with Gasteiger partial charge in [-0.3, -0.25) is 19.7 Å². The molecule has 1 aliphatic rings. The summed E-state index contributed by atoms with van der Waals surface area (Å²) in [6.07, 6.45) is 2.20. The van der Waals surface area contributed by atoms with Gasteiger partial charge >= 0.3 is 0 Å². The van der Waals surface area contributed by atoms with Gasteiger partial charge in [0.2, 0.25) is 3.79 Å². The molecule has 0 spiro atoms. The molecule has 1 aliphatic carbocycles. The Morgan fingerprint density at radius 2 is 1.85 bits per heavy atom. The van der Waals surface area contributed by atoms with Gasteiger partial charge in [-0.2, -0.15) is 0 Å². The molecule has 33 heavy (non-hydrogen) atoms. The Bertz CT molecular complexity index is 1120. The van der Waals surface area contributed by atoms with Crippen LogP contribution in [0.5, 0.6) is 0 Å². The Kier molecular flexibility index (Phi) is 8.01. The SMILES string of the molecule is NC(=O)c1c(NC(=S)N[C@@H](NC(=O)c2ccccc2[N+](=O)[O-])C(Cl)(Cl)Cl)sc2c1CCCC2. The van der Waals surface area contributed by atoms with E-state index in [1.807, 2.05) is 0 Å². The molecule has 2 amide bonds. The fraction of sp³-hybridized carbons (Fsp3) is 0.316. The Morgan fingerprint density at radius 3 is 2.48 bits per heavy atom. The summed E-state index contributed by atoms with van der Waals surface area (Å²) in [5.74, 6) is -1.43. The predicted octanol–water partition coefficient (Wildman–Crippen LogP) is 4.05. The second-order valence-corrected chi connectivity index (χ2v) is 11.0.